The van der Waals surface area contributed by atoms with Crippen LogP contribution in [0.4, 0.5) is 5.82 Å². The Kier molecular flexibility index (Phi) is 8.82. The first-order valence-electron chi connectivity index (χ1n) is 11.1. The maximum absolute atomic E-state index is 13.5. The third kappa shape index (κ3) is 6.47. The molecule has 4 heterocycles. The number of rotatable bonds is 5. The Morgan fingerprint density at radius 2 is 1.81 bits per heavy atom. The number of carboxylic acids is 2. The number of nitrogens with zero attached hydrogens (tertiary/aromatic N) is 5. The van der Waals surface area contributed by atoms with Crippen LogP contribution in [0, 0.1) is 6.92 Å². The van der Waals surface area contributed by atoms with Gasteiger partial charge in [0.1, 0.15) is 15.8 Å². The van der Waals surface area contributed by atoms with Crippen LogP contribution < -0.4 is 10.5 Å². The summed E-state index contributed by atoms with van der Waals surface area (Å²) < 4.78 is 1.78. The first-order valence-corrected chi connectivity index (χ1v) is 12.3. The van der Waals surface area contributed by atoms with E-state index < -0.39 is 11.9 Å². The van der Waals surface area contributed by atoms with Crippen LogP contribution in [0.1, 0.15) is 24.5 Å². The maximum Gasteiger partial charge on any atom is 0.305 e. The smallest absolute Gasteiger partial charge is 0.305 e. The Morgan fingerprint density at radius 1 is 1.17 bits per heavy atom. The van der Waals surface area contributed by atoms with E-state index >= 15 is 0 Å². The second kappa shape index (κ2) is 11.6. The van der Waals surface area contributed by atoms with Gasteiger partial charge in [-0.15, -0.1) is 0 Å². The molecule has 2 fully saturated rings. The molecule has 2 aliphatic rings. The highest BCUT2D eigenvalue weighted by atomic mass is 32.2. The summed E-state index contributed by atoms with van der Waals surface area (Å²) in [7, 11) is 2.05. The molecule has 2 saturated heterocycles. The average molecular weight is 534 g/mol. The normalized spacial score (nSPS) is 17.5. The summed E-state index contributed by atoms with van der Waals surface area (Å²) in [5, 5.41) is 16.4. The summed E-state index contributed by atoms with van der Waals surface area (Å²) in [5.74, 6) is -1.69. The van der Waals surface area contributed by atoms with Crippen LogP contribution in [0.2, 0.25) is 0 Å². The lowest BCUT2D eigenvalue weighted by Gasteiger charge is -2.34. The number of likely N-dealkylation sites (N-methyl/N-ethyl adjacent to an activating group) is 1. The van der Waals surface area contributed by atoms with Crippen molar-refractivity contribution in [3.8, 4) is 0 Å². The fourth-order valence-electron chi connectivity index (χ4n) is 3.66. The number of carbonyl (C=O) groups is 3. The Balaban J connectivity index is 0.000000840. The zero-order valence-corrected chi connectivity index (χ0v) is 21.8. The van der Waals surface area contributed by atoms with Crippen molar-refractivity contribution in [1.82, 2.24) is 19.2 Å². The van der Waals surface area contributed by atoms with Crippen LogP contribution in [0.3, 0.4) is 0 Å². The fourth-order valence-corrected chi connectivity index (χ4v) is 4.95. The number of thiocarbonyl (C=S) groups is 1. The predicted molar refractivity (Wildman–Crippen MR) is 141 cm³/mol. The number of carboxylic acid groups (broad SMARTS) is 2. The number of hydrogen-bond donors (Lipinski definition) is 2. The minimum atomic E-state index is -1.01. The van der Waals surface area contributed by atoms with Gasteiger partial charge in [-0.3, -0.25) is 28.5 Å². The van der Waals surface area contributed by atoms with Gasteiger partial charge in [0, 0.05) is 45.8 Å². The van der Waals surface area contributed by atoms with E-state index in [9.17, 15) is 14.4 Å². The molecule has 0 radical (unpaired) electrons. The lowest BCUT2D eigenvalue weighted by Crippen LogP contribution is -2.45. The maximum atomic E-state index is 13.5. The molecule has 0 bridgehead atoms. The summed E-state index contributed by atoms with van der Waals surface area (Å²) in [4.78, 5) is 56.9. The molecule has 11 nitrogen and oxygen atoms in total. The van der Waals surface area contributed by atoms with Gasteiger partial charge in [0.25, 0.3) is 17.4 Å². The predicted octanol–water partition coefficient (Wildman–Crippen LogP) is 1.52. The Morgan fingerprint density at radius 3 is 2.42 bits per heavy atom. The van der Waals surface area contributed by atoms with Crippen LogP contribution >= 0.6 is 24.0 Å². The Bertz CT molecular complexity index is 1300. The highest BCUT2D eigenvalue weighted by molar-refractivity contribution is 8.26. The van der Waals surface area contributed by atoms with Crippen molar-refractivity contribution in [3.63, 3.8) is 0 Å². The van der Waals surface area contributed by atoms with Gasteiger partial charge in [0.2, 0.25) is 0 Å². The number of amides is 1. The minimum Gasteiger partial charge on any atom is -0.481 e. The zero-order valence-electron chi connectivity index (χ0n) is 20.1. The number of thioether (sulfide) groups is 1. The minimum absolute atomic E-state index is 0.00317. The van der Waals surface area contributed by atoms with Gasteiger partial charge in [0.05, 0.1) is 16.9 Å². The van der Waals surface area contributed by atoms with Gasteiger partial charge in [-0.25, -0.2) is 4.98 Å². The second-order valence-corrected chi connectivity index (χ2v) is 10.1. The van der Waals surface area contributed by atoms with E-state index in [2.05, 4.69) is 9.80 Å². The molecule has 2 N–H and O–H groups in total. The standard InChI is InChI=1S/C21H23N5O4S2.C2H4O2/c1-13-3-4-16-22-18(24-9-7-23(2)8-10-24)14(19(29)26(16)12-13)11-15-20(30)25(21(31)32-15)6-5-17(27)28;1-2(3)4/h3-4,11-12H,5-10H2,1-2H3,(H,27,28);1H3,(H,3,4)/b15-11-;. The average Bonchev–Trinajstić information content (AvgIpc) is 3.07. The van der Waals surface area contributed by atoms with E-state index in [1.165, 1.54) is 9.30 Å². The number of aryl methyl sites for hydroxylation is 1. The van der Waals surface area contributed by atoms with Crippen LogP contribution in [-0.2, 0) is 14.4 Å². The molecule has 2 aromatic heterocycles. The van der Waals surface area contributed by atoms with Crippen molar-refractivity contribution >= 4 is 63.7 Å². The van der Waals surface area contributed by atoms with Crippen molar-refractivity contribution in [2.75, 3.05) is 44.7 Å². The zero-order chi connectivity index (χ0) is 26.6. The molecule has 0 spiro atoms. The van der Waals surface area contributed by atoms with E-state index in [1.807, 2.05) is 26.1 Å². The molecule has 36 heavy (non-hydrogen) atoms. The number of anilines is 1. The first-order chi connectivity index (χ1) is 17.0. The van der Waals surface area contributed by atoms with E-state index in [0.29, 0.717) is 35.0 Å². The van der Waals surface area contributed by atoms with E-state index in [0.717, 1.165) is 37.3 Å². The summed E-state index contributed by atoms with van der Waals surface area (Å²) in [5.41, 5.74) is 1.53. The SMILES string of the molecule is CC(=O)O.Cc1ccc2nc(N3CCN(C)CC3)c(/C=C3\SC(=S)N(CCC(=O)O)C3=O)c(=O)n2c1. The highest BCUT2D eigenvalue weighted by Crippen LogP contribution is 2.33. The van der Waals surface area contributed by atoms with Gasteiger partial charge in [-0.05, 0) is 31.7 Å². The molecule has 2 aromatic rings. The van der Waals surface area contributed by atoms with Gasteiger partial charge in [-0.2, -0.15) is 0 Å². The largest absolute Gasteiger partial charge is 0.481 e. The third-order valence-electron chi connectivity index (χ3n) is 5.49. The van der Waals surface area contributed by atoms with Crippen LogP contribution in [0.15, 0.2) is 28.0 Å². The number of aromatic nitrogens is 2. The number of aliphatic carboxylic acids is 2. The van der Waals surface area contributed by atoms with Crippen molar-refractivity contribution in [3.05, 3.63) is 44.7 Å². The number of pyridine rings is 1. The van der Waals surface area contributed by atoms with Gasteiger partial charge >= 0.3 is 5.97 Å². The van der Waals surface area contributed by atoms with Gasteiger partial charge < -0.3 is 20.0 Å². The molecule has 0 unspecified atom stereocenters. The van der Waals surface area contributed by atoms with Crippen LogP contribution in [-0.4, -0.2) is 91.3 Å². The van der Waals surface area contributed by atoms with Gasteiger partial charge in [0.15, 0.2) is 0 Å². The number of fused-ring (bicyclic) bond motifs is 1. The lowest BCUT2D eigenvalue weighted by molar-refractivity contribution is -0.137. The van der Waals surface area contributed by atoms with Crippen molar-refractivity contribution in [1.29, 1.82) is 0 Å². The Hall–Kier alpha value is -3.29. The molecule has 1 amide bonds. The van der Waals surface area contributed by atoms with Crippen molar-refractivity contribution in [2.45, 2.75) is 20.3 Å². The Labute approximate surface area is 217 Å². The molecule has 2 aliphatic heterocycles. The lowest BCUT2D eigenvalue weighted by atomic mass is 10.2. The summed E-state index contributed by atoms with van der Waals surface area (Å²) in [6, 6.07) is 3.72. The molecule has 0 atom stereocenters. The topological polar surface area (TPSA) is 136 Å². The van der Waals surface area contributed by atoms with E-state index in [1.54, 1.807) is 12.3 Å². The molecule has 0 aliphatic carbocycles. The van der Waals surface area contributed by atoms with E-state index in [-0.39, 0.29) is 28.8 Å². The van der Waals surface area contributed by atoms with Crippen LogP contribution in [0.25, 0.3) is 11.7 Å². The van der Waals surface area contributed by atoms with Crippen molar-refractivity contribution < 1.29 is 24.6 Å². The number of carbonyl (C=O) groups excluding carboxylic acids is 1. The molecule has 13 heteroatoms. The molecule has 4 rings (SSSR count). The van der Waals surface area contributed by atoms with Crippen LogP contribution in [0.5, 0.6) is 0 Å². The monoisotopic (exact) mass is 533 g/mol. The summed E-state index contributed by atoms with van der Waals surface area (Å²) in [6.45, 7) is 6.08. The van der Waals surface area contributed by atoms with E-state index in [4.69, 9.17) is 32.2 Å². The number of hydrogen-bond acceptors (Lipinski definition) is 9. The quantitative estimate of drug-likeness (QED) is 0.428. The summed E-state index contributed by atoms with van der Waals surface area (Å²) >= 11 is 6.35. The molecular weight excluding hydrogens is 506 g/mol. The second-order valence-electron chi connectivity index (χ2n) is 8.38. The van der Waals surface area contributed by atoms with Gasteiger partial charge in [-0.1, -0.05) is 30.0 Å². The first kappa shape index (κ1) is 27.3. The molecule has 0 saturated carbocycles. The number of piperazine rings is 1. The molecular formula is C23H27N5O6S2. The molecule has 192 valence electrons. The third-order valence-corrected chi connectivity index (χ3v) is 6.86. The summed E-state index contributed by atoms with van der Waals surface area (Å²) in [6.07, 6.45) is 3.08. The van der Waals surface area contributed by atoms with Crippen molar-refractivity contribution in [2.24, 2.45) is 0 Å². The fraction of sp³-hybridized carbons (Fsp3) is 0.391. The highest BCUT2D eigenvalue weighted by Gasteiger charge is 2.33. The molecule has 0 aromatic carbocycles.